The number of benzene rings is 2. The van der Waals surface area contributed by atoms with E-state index in [1.807, 2.05) is 6.08 Å². The number of phenolic OH excluding ortho intramolecular Hbond substituents is 1. The highest BCUT2D eigenvalue weighted by molar-refractivity contribution is 9.12. The topological polar surface area (TPSA) is 91.8 Å². The summed E-state index contributed by atoms with van der Waals surface area (Å²) in [4.78, 5) is 55.4. The second-order valence-electron chi connectivity index (χ2n) is 10.2. The first-order valence-corrected chi connectivity index (χ1v) is 13.8. The number of carbonyl (C=O) groups excluding carboxylic acids is 4. The summed E-state index contributed by atoms with van der Waals surface area (Å²) in [6.45, 7) is 3.76. The maximum Gasteiger partial charge on any atom is 0.238 e. The molecule has 2 aromatic carbocycles. The van der Waals surface area contributed by atoms with Gasteiger partial charge in [0.1, 0.15) is 5.75 Å². The number of Topliss-reactive ketones (excluding diaryl/α,β-unsaturated/α-hetero) is 1. The molecule has 4 atom stereocenters. The Bertz CT molecular complexity index is 1580. The monoisotopic (exact) mass is 603 g/mol. The molecule has 1 heterocycles. The molecule has 1 fully saturated rings. The van der Waals surface area contributed by atoms with Gasteiger partial charge in [-0.1, -0.05) is 47.5 Å². The van der Waals surface area contributed by atoms with Crippen LogP contribution < -0.4 is 4.90 Å². The van der Waals surface area contributed by atoms with Gasteiger partial charge in [0, 0.05) is 33.7 Å². The normalized spacial score (nSPS) is 26.2. The quantitative estimate of drug-likeness (QED) is 0.273. The molecule has 2 aromatic rings. The van der Waals surface area contributed by atoms with E-state index in [1.165, 1.54) is 11.0 Å². The van der Waals surface area contributed by atoms with Crippen LogP contribution in [0, 0.1) is 17.8 Å². The molecule has 1 aliphatic heterocycles. The zero-order valence-electron chi connectivity index (χ0n) is 20.7. The predicted molar refractivity (Wildman–Crippen MR) is 151 cm³/mol. The van der Waals surface area contributed by atoms with Gasteiger partial charge >= 0.3 is 0 Å². The van der Waals surface area contributed by atoms with Crippen molar-refractivity contribution in [1.29, 1.82) is 0 Å². The minimum absolute atomic E-state index is 0.0309. The van der Waals surface area contributed by atoms with E-state index < -0.39 is 23.7 Å². The molecule has 0 radical (unpaired) electrons. The van der Waals surface area contributed by atoms with Crippen molar-refractivity contribution in [3.63, 3.8) is 0 Å². The largest absolute Gasteiger partial charge is 0.507 e. The number of halogens is 2. The minimum Gasteiger partial charge on any atom is -0.507 e. The van der Waals surface area contributed by atoms with Crippen LogP contribution in [-0.4, -0.2) is 28.5 Å². The van der Waals surface area contributed by atoms with Crippen LogP contribution in [0.25, 0.3) is 0 Å². The molecule has 6 rings (SSSR count). The molecule has 0 aromatic heterocycles. The molecule has 8 heteroatoms. The van der Waals surface area contributed by atoms with Crippen LogP contribution in [0.5, 0.6) is 5.75 Å². The van der Waals surface area contributed by atoms with Gasteiger partial charge in [-0.15, -0.1) is 6.58 Å². The standard InChI is InChI=1S/C31H23BrClNO5/c1-2-4-15-5-3-6-19(28(15)36)25-18-11-12-20-26(21(18)13-22-27(25)24(35)14-23(32)29(22)37)31(39)34(30(20)38)17-9-7-16(33)8-10-17/h2-3,5-11,14,20-21,25-26,36H,1,4,12-13H2. The third-order valence-electron chi connectivity index (χ3n) is 8.24. The summed E-state index contributed by atoms with van der Waals surface area (Å²) in [5.74, 6) is -3.71. The number of hydrogen-bond acceptors (Lipinski definition) is 5. The van der Waals surface area contributed by atoms with Crippen LogP contribution in [0.2, 0.25) is 5.02 Å². The average molecular weight is 605 g/mol. The Morgan fingerprint density at radius 1 is 1.05 bits per heavy atom. The van der Waals surface area contributed by atoms with E-state index in [1.54, 1.807) is 48.5 Å². The van der Waals surface area contributed by atoms with Gasteiger partial charge < -0.3 is 5.11 Å². The molecule has 1 saturated heterocycles. The molecular weight excluding hydrogens is 582 g/mol. The Labute approximate surface area is 238 Å². The van der Waals surface area contributed by atoms with E-state index >= 15 is 0 Å². The lowest BCUT2D eigenvalue weighted by atomic mass is 9.59. The van der Waals surface area contributed by atoms with Crippen LogP contribution in [0.4, 0.5) is 5.69 Å². The van der Waals surface area contributed by atoms with Gasteiger partial charge in [0.15, 0.2) is 11.6 Å². The highest BCUT2D eigenvalue weighted by Crippen LogP contribution is 2.56. The summed E-state index contributed by atoms with van der Waals surface area (Å²) in [6.07, 6.45) is 5.79. The zero-order chi connectivity index (χ0) is 27.6. The van der Waals surface area contributed by atoms with E-state index in [4.69, 9.17) is 11.6 Å². The second-order valence-corrected chi connectivity index (χ2v) is 11.5. The first-order chi connectivity index (χ1) is 18.7. The maximum absolute atomic E-state index is 13.9. The fourth-order valence-corrected chi connectivity index (χ4v) is 7.14. The van der Waals surface area contributed by atoms with Crippen LogP contribution in [-0.2, 0) is 25.6 Å². The van der Waals surface area contributed by atoms with Crippen molar-refractivity contribution in [2.45, 2.75) is 25.2 Å². The lowest BCUT2D eigenvalue weighted by Crippen LogP contribution is -2.39. The summed E-state index contributed by atoms with van der Waals surface area (Å²) < 4.78 is 0.158. The van der Waals surface area contributed by atoms with Crippen LogP contribution in [0.15, 0.2) is 88.5 Å². The van der Waals surface area contributed by atoms with Crippen LogP contribution in [0.1, 0.15) is 29.9 Å². The van der Waals surface area contributed by atoms with E-state index in [-0.39, 0.29) is 40.0 Å². The molecule has 2 amide bonds. The molecule has 6 nitrogen and oxygen atoms in total. The van der Waals surface area contributed by atoms with Crippen LogP contribution in [0.3, 0.4) is 0 Å². The number of carbonyl (C=O) groups is 4. The Morgan fingerprint density at radius 3 is 2.51 bits per heavy atom. The van der Waals surface area contributed by atoms with E-state index in [2.05, 4.69) is 22.5 Å². The Kier molecular flexibility index (Phi) is 6.31. The maximum atomic E-state index is 13.9. The number of imide groups is 1. The average Bonchev–Trinajstić information content (AvgIpc) is 3.18. The molecule has 1 N–H and O–H groups in total. The fraction of sp³-hybridized carbons (Fsp3) is 0.226. The van der Waals surface area contributed by atoms with E-state index in [0.717, 1.165) is 5.57 Å². The van der Waals surface area contributed by atoms with E-state index in [0.29, 0.717) is 45.8 Å². The Balaban J connectivity index is 1.50. The number of fused-ring (bicyclic) bond motifs is 3. The van der Waals surface area contributed by atoms with Crippen molar-refractivity contribution in [2.75, 3.05) is 4.90 Å². The van der Waals surface area contributed by atoms with Crippen molar-refractivity contribution < 1.29 is 24.3 Å². The molecule has 0 bridgehead atoms. The number of rotatable bonds is 4. The number of ketones is 2. The number of nitrogens with zero attached hydrogens (tertiary/aromatic N) is 1. The first-order valence-electron chi connectivity index (χ1n) is 12.7. The summed E-state index contributed by atoms with van der Waals surface area (Å²) in [6, 6.07) is 11.9. The molecule has 196 valence electrons. The molecule has 0 spiro atoms. The molecule has 39 heavy (non-hydrogen) atoms. The lowest BCUT2D eigenvalue weighted by Gasteiger charge is -2.42. The summed E-state index contributed by atoms with van der Waals surface area (Å²) in [5, 5.41) is 11.8. The van der Waals surface area contributed by atoms with Crippen molar-refractivity contribution in [3.8, 4) is 5.75 Å². The molecule has 0 saturated carbocycles. The second kappa shape index (κ2) is 9.57. The summed E-state index contributed by atoms with van der Waals surface area (Å²) in [7, 11) is 0. The molecule has 4 aliphatic rings. The van der Waals surface area contributed by atoms with Gasteiger partial charge in [-0.3, -0.25) is 24.1 Å². The van der Waals surface area contributed by atoms with Gasteiger partial charge in [-0.2, -0.15) is 0 Å². The first kappa shape index (κ1) is 25.7. The van der Waals surface area contributed by atoms with Crippen molar-refractivity contribution >= 4 is 56.6 Å². The highest BCUT2D eigenvalue weighted by atomic mass is 79.9. The Morgan fingerprint density at radius 2 is 1.79 bits per heavy atom. The van der Waals surface area contributed by atoms with Gasteiger partial charge in [-0.05, 0) is 70.9 Å². The SMILES string of the molecule is C=CCc1cccc(C2C3=CCC4C(=O)N(c5ccc(Cl)cc5)C(=O)C4C3CC3=C2C(=O)C=C(Br)C3=O)c1O. The van der Waals surface area contributed by atoms with Crippen molar-refractivity contribution in [1.82, 2.24) is 0 Å². The van der Waals surface area contributed by atoms with Crippen LogP contribution >= 0.6 is 27.5 Å². The number of aromatic hydroxyl groups is 1. The number of phenols is 1. The van der Waals surface area contributed by atoms with Crippen molar-refractivity contribution in [2.24, 2.45) is 17.8 Å². The molecular formula is C31H23BrClNO5. The number of para-hydroxylation sites is 1. The van der Waals surface area contributed by atoms with Gasteiger partial charge in [0.05, 0.1) is 22.0 Å². The molecule has 3 aliphatic carbocycles. The van der Waals surface area contributed by atoms with E-state index in [9.17, 15) is 24.3 Å². The van der Waals surface area contributed by atoms with Crippen molar-refractivity contribution in [3.05, 3.63) is 105 Å². The van der Waals surface area contributed by atoms with Gasteiger partial charge in [0.2, 0.25) is 11.8 Å². The highest BCUT2D eigenvalue weighted by Gasteiger charge is 2.56. The number of allylic oxidation sites excluding steroid dienone is 7. The third kappa shape index (κ3) is 3.90. The summed E-state index contributed by atoms with van der Waals surface area (Å²) in [5.41, 5.74) is 3.01. The minimum atomic E-state index is -0.717. The third-order valence-corrected chi connectivity index (χ3v) is 9.08. The van der Waals surface area contributed by atoms with Gasteiger partial charge in [-0.25, -0.2) is 0 Å². The predicted octanol–water partition coefficient (Wildman–Crippen LogP) is 5.74. The Hall–Kier alpha value is -3.55. The smallest absolute Gasteiger partial charge is 0.238 e. The number of anilines is 1. The zero-order valence-corrected chi connectivity index (χ0v) is 23.0. The fourth-order valence-electron chi connectivity index (χ4n) is 6.57. The molecule has 4 unspecified atom stereocenters. The number of hydrogen-bond donors (Lipinski definition) is 1. The number of amides is 2. The lowest BCUT2D eigenvalue weighted by molar-refractivity contribution is -0.123. The summed E-state index contributed by atoms with van der Waals surface area (Å²) >= 11 is 9.26. The van der Waals surface area contributed by atoms with Gasteiger partial charge in [0.25, 0.3) is 0 Å².